The lowest BCUT2D eigenvalue weighted by molar-refractivity contribution is 0.525. The van der Waals surface area contributed by atoms with Gasteiger partial charge in [0.15, 0.2) is 0 Å². The highest BCUT2D eigenvalue weighted by Crippen LogP contribution is 2.25. The molecular weight excluding hydrogens is 236 g/mol. The molecule has 2 rings (SSSR count). The van der Waals surface area contributed by atoms with E-state index in [-0.39, 0.29) is 5.56 Å². The van der Waals surface area contributed by atoms with E-state index >= 15 is 0 Å². The van der Waals surface area contributed by atoms with Gasteiger partial charge in [0, 0.05) is 12.1 Å². The van der Waals surface area contributed by atoms with Gasteiger partial charge in [0.1, 0.15) is 11.6 Å². The number of rotatable bonds is 3. The maximum atomic E-state index is 13.7. The molecule has 5 heteroatoms. The van der Waals surface area contributed by atoms with Crippen LogP contribution in [0.3, 0.4) is 0 Å². The van der Waals surface area contributed by atoms with E-state index in [1.807, 2.05) is 13.8 Å². The highest BCUT2D eigenvalue weighted by atomic mass is 19.1. The third-order valence-corrected chi connectivity index (χ3v) is 2.86. The Morgan fingerprint density at radius 1 is 1.33 bits per heavy atom. The molecule has 1 aromatic carbocycles. The largest absolute Gasteiger partial charge is 0.319 e. The number of nitrogens with zero attached hydrogens (tertiary/aromatic N) is 2. The number of hydrogen-bond acceptors (Lipinski definition) is 2. The zero-order valence-electron chi connectivity index (χ0n) is 10.3. The predicted octanol–water partition coefficient (Wildman–Crippen LogP) is 2.54. The van der Waals surface area contributed by atoms with Crippen molar-refractivity contribution >= 4 is 0 Å². The molecule has 1 atom stereocenters. The minimum absolute atomic E-state index is 0.118. The van der Waals surface area contributed by atoms with Crippen molar-refractivity contribution in [1.29, 1.82) is 0 Å². The lowest BCUT2D eigenvalue weighted by Crippen LogP contribution is -2.19. The third kappa shape index (κ3) is 2.13. The molecular formula is C13H15F2N3. The summed E-state index contributed by atoms with van der Waals surface area (Å²) < 4.78 is 29.0. The van der Waals surface area contributed by atoms with Crippen LogP contribution in [0, 0.1) is 18.6 Å². The average Bonchev–Trinajstić information content (AvgIpc) is 2.70. The van der Waals surface area contributed by atoms with Crippen LogP contribution in [0.15, 0.2) is 24.3 Å². The standard InChI is InChI=1S/C13H15F2N3/c1-3-18-11(7-8(2)17-18)13(16)12-9(14)5-4-6-10(12)15/h4-7,13H,3,16H2,1-2H3. The van der Waals surface area contributed by atoms with E-state index in [2.05, 4.69) is 5.10 Å². The van der Waals surface area contributed by atoms with Crippen LogP contribution in [0.2, 0.25) is 0 Å². The van der Waals surface area contributed by atoms with Crippen LogP contribution < -0.4 is 5.73 Å². The molecule has 0 radical (unpaired) electrons. The fourth-order valence-electron chi connectivity index (χ4n) is 2.02. The van der Waals surface area contributed by atoms with Crippen molar-refractivity contribution in [1.82, 2.24) is 9.78 Å². The summed E-state index contributed by atoms with van der Waals surface area (Å²) in [7, 11) is 0. The van der Waals surface area contributed by atoms with Crippen molar-refractivity contribution < 1.29 is 8.78 Å². The molecule has 0 fully saturated rings. The van der Waals surface area contributed by atoms with Gasteiger partial charge < -0.3 is 5.73 Å². The summed E-state index contributed by atoms with van der Waals surface area (Å²) in [6.45, 7) is 4.33. The number of hydrogen-bond donors (Lipinski definition) is 1. The summed E-state index contributed by atoms with van der Waals surface area (Å²) in [5.41, 5.74) is 7.24. The first-order valence-electron chi connectivity index (χ1n) is 5.78. The molecule has 0 spiro atoms. The van der Waals surface area contributed by atoms with E-state index in [9.17, 15) is 8.78 Å². The second-order valence-corrected chi connectivity index (χ2v) is 4.14. The number of halogens is 2. The Bertz CT molecular complexity index is 543. The number of nitrogens with two attached hydrogens (primary N) is 1. The lowest BCUT2D eigenvalue weighted by Gasteiger charge is -2.15. The van der Waals surface area contributed by atoms with Crippen LogP contribution in [0.25, 0.3) is 0 Å². The smallest absolute Gasteiger partial charge is 0.131 e. The zero-order chi connectivity index (χ0) is 13.3. The van der Waals surface area contributed by atoms with Gasteiger partial charge in [-0.15, -0.1) is 0 Å². The molecule has 0 aliphatic heterocycles. The van der Waals surface area contributed by atoms with Gasteiger partial charge in [-0.25, -0.2) is 8.78 Å². The van der Waals surface area contributed by atoms with Crippen LogP contribution in [0.4, 0.5) is 8.78 Å². The Morgan fingerprint density at radius 3 is 2.50 bits per heavy atom. The first-order chi connectivity index (χ1) is 8.54. The molecule has 0 bridgehead atoms. The molecule has 18 heavy (non-hydrogen) atoms. The Balaban J connectivity index is 2.50. The van der Waals surface area contributed by atoms with Gasteiger partial charge in [-0.05, 0) is 32.0 Å². The van der Waals surface area contributed by atoms with Gasteiger partial charge in [0.25, 0.3) is 0 Å². The van der Waals surface area contributed by atoms with E-state index < -0.39 is 17.7 Å². The second kappa shape index (κ2) is 4.86. The van der Waals surface area contributed by atoms with Crippen molar-refractivity contribution in [2.45, 2.75) is 26.4 Å². The summed E-state index contributed by atoms with van der Waals surface area (Å²) in [4.78, 5) is 0. The van der Waals surface area contributed by atoms with Crippen LogP contribution >= 0.6 is 0 Å². The molecule has 1 heterocycles. The van der Waals surface area contributed by atoms with Crippen LogP contribution in [0.5, 0.6) is 0 Å². The molecule has 0 saturated carbocycles. The quantitative estimate of drug-likeness (QED) is 0.911. The molecule has 0 aliphatic rings. The second-order valence-electron chi connectivity index (χ2n) is 4.14. The Labute approximate surface area is 104 Å². The van der Waals surface area contributed by atoms with Gasteiger partial charge in [-0.3, -0.25) is 4.68 Å². The number of aryl methyl sites for hydroxylation is 2. The zero-order valence-corrected chi connectivity index (χ0v) is 10.3. The van der Waals surface area contributed by atoms with E-state index in [1.54, 1.807) is 10.7 Å². The summed E-state index contributed by atoms with van der Waals surface area (Å²) >= 11 is 0. The summed E-state index contributed by atoms with van der Waals surface area (Å²) in [5, 5.41) is 4.23. The number of aromatic nitrogens is 2. The van der Waals surface area contributed by atoms with Gasteiger partial charge in [0.2, 0.25) is 0 Å². The fraction of sp³-hybridized carbons (Fsp3) is 0.308. The first kappa shape index (κ1) is 12.7. The summed E-state index contributed by atoms with van der Waals surface area (Å²) in [6, 6.07) is 4.63. The molecule has 96 valence electrons. The van der Waals surface area contributed by atoms with Crippen LogP contribution in [0.1, 0.15) is 29.9 Å². The average molecular weight is 251 g/mol. The summed E-state index contributed by atoms with van der Waals surface area (Å²) in [5.74, 6) is -1.27. The normalized spacial score (nSPS) is 12.7. The fourth-order valence-corrected chi connectivity index (χ4v) is 2.02. The van der Waals surface area contributed by atoms with Crippen molar-refractivity contribution in [2.75, 3.05) is 0 Å². The van der Waals surface area contributed by atoms with Crippen molar-refractivity contribution in [3.8, 4) is 0 Å². The minimum atomic E-state index is -0.854. The SMILES string of the molecule is CCn1nc(C)cc1C(N)c1c(F)cccc1F. The van der Waals surface area contributed by atoms with Gasteiger partial charge >= 0.3 is 0 Å². The predicted molar refractivity (Wildman–Crippen MR) is 65.0 cm³/mol. The highest BCUT2D eigenvalue weighted by Gasteiger charge is 2.21. The Kier molecular flexibility index (Phi) is 3.43. The van der Waals surface area contributed by atoms with Crippen LogP contribution in [-0.4, -0.2) is 9.78 Å². The lowest BCUT2D eigenvalue weighted by atomic mass is 10.0. The van der Waals surface area contributed by atoms with Gasteiger partial charge in [0.05, 0.1) is 17.4 Å². The number of benzene rings is 1. The Morgan fingerprint density at radius 2 is 1.94 bits per heavy atom. The first-order valence-corrected chi connectivity index (χ1v) is 5.78. The molecule has 0 saturated heterocycles. The maximum Gasteiger partial charge on any atom is 0.131 e. The molecule has 2 aromatic rings. The molecule has 2 N–H and O–H groups in total. The van der Waals surface area contributed by atoms with E-state index in [0.717, 1.165) is 5.69 Å². The molecule has 3 nitrogen and oxygen atoms in total. The highest BCUT2D eigenvalue weighted by molar-refractivity contribution is 5.30. The Hall–Kier alpha value is -1.75. The van der Waals surface area contributed by atoms with E-state index in [0.29, 0.717) is 12.2 Å². The maximum absolute atomic E-state index is 13.7. The molecule has 1 aromatic heterocycles. The van der Waals surface area contributed by atoms with Gasteiger partial charge in [-0.2, -0.15) is 5.10 Å². The monoisotopic (exact) mass is 251 g/mol. The third-order valence-electron chi connectivity index (χ3n) is 2.86. The topological polar surface area (TPSA) is 43.8 Å². The van der Waals surface area contributed by atoms with Crippen molar-refractivity contribution in [3.63, 3.8) is 0 Å². The van der Waals surface area contributed by atoms with Gasteiger partial charge in [-0.1, -0.05) is 6.07 Å². The van der Waals surface area contributed by atoms with Crippen LogP contribution in [-0.2, 0) is 6.54 Å². The molecule has 1 unspecified atom stereocenters. The minimum Gasteiger partial charge on any atom is -0.319 e. The van der Waals surface area contributed by atoms with E-state index in [4.69, 9.17) is 5.73 Å². The summed E-state index contributed by atoms with van der Waals surface area (Å²) in [6.07, 6.45) is 0. The van der Waals surface area contributed by atoms with Crippen molar-refractivity contribution in [3.05, 3.63) is 52.9 Å². The van der Waals surface area contributed by atoms with Crippen molar-refractivity contribution in [2.24, 2.45) is 5.73 Å². The molecule has 0 amide bonds. The molecule has 0 aliphatic carbocycles. The van der Waals surface area contributed by atoms with E-state index in [1.165, 1.54) is 18.2 Å².